The number of ether oxygens (including phenoxy) is 1. The Morgan fingerprint density at radius 2 is 1.67 bits per heavy atom. The third kappa shape index (κ3) is 3.70. The minimum atomic E-state index is -4.47. The lowest BCUT2D eigenvalue weighted by Crippen LogP contribution is -2.07. The summed E-state index contributed by atoms with van der Waals surface area (Å²) in [6, 6.07) is 12.5. The van der Waals surface area contributed by atoms with E-state index in [1.165, 1.54) is 24.9 Å². The molecule has 108 valence electrons. The highest BCUT2D eigenvalue weighted by Gasteiger charge is 2.34. The van der Waals surface area contributed by atoms with Gasteiger partial charge in [0.15, 0.2) is 0 Å². The zero-order valence-corrected chi connectivity index (χ0v) is 11.8. The first kappa shape index (κ1) is 15.3. The Morgan fingerprint density at radius 3 is 2.19 bits per heavy atom. The van der Waals surface area contributed by atoms with Gasteiger partial charge in [0.1, 0.15) is 5.75 Å². The van der Waals surface area contributed by atoms with E-state index in [9.17, 15) is 13.2 Å². The van der Waals surface area contributed by atoms with Crippen LogP contribution in [0, 0.1) is 11.3 Å². The molecule has 0 aliphatic carbocycles. The van der Waals surface area contributed by atoms with Crippen molar-refractivity contribution in [2.75, 3.05) is 7.11 Å². The topological polar surface area (TPSA) is 33.0 Å². The fourth-order valence-corrected chi connectivity index (χ4v) is 2.56. The summed E-state index contributed by atoms with van der Waals surface area (Å²) in [5.74, 6) is -0.202. The third-order valence-corrected chi connectivity index (χ3v) is 3.69. The molecule has 0 radical (unpaired) electrons. The second-order valence-electron chi connectivity index (χ2n) is 4.10. The van der Waals surface area contributed by atoms with Crippen molar-refractivity contribution in [2.45, 2.75) is 16.0 Å². The van der Waals surface area contributed by atoms with Crippen LogP contribution in [-0.2, 0) is 6.18 Å². The molecule has 0 N–H and O–H groups in total. The van der Waals surface area contributed by atoms with E-state index in [2.05, 4.69) is 0 Å². The molecular formula is C15H10F3NOS. The van der Waals surface area contributed by atoms with Crippen LogP contribution in [0.25, 0.3) is 0 Å². The summed E-state index contributed by atoms with van der Waals surface area (Å²) in [5.41, 5.74) is -0.297. The summed E-state index contributed by atoms with van der Waals surface area (Å²) in [7, 11) is 1.21. The van der Waals surface area contributed by atoms with E-state index in [0.717, 1.165) is 11.0 Å². The van der Waals surface area contributed by atoms with E-state index < -0.39 is 11.7 Å². The van der Waals surface area contributed by atoms with Gasteiger partial charge in [-0.3, -0.25) is 0 Å². The Balaban J connectivity index is 2.30. The van der Waals surface area contributed by atoms with E-state index in [1.54, 1.807) is 30.3 Å². The minimum absolute atomic E-state index is 0.202. The molecule has 2 aromatic carbocycles. The lowest BCUT2D eigenvalue weighted by atomic mass is 10.2. The molecule has 0 bridgehead atoms. The van der Waals surface area contributed by atoms with Crippen LogP contribution in [0.3, 0.4) is 0 Å². The van der Waals surface area contributed by atoms with Gasteiger partial charge in [-0.25, -0.2) is 0 Å². The molecule has 0 aromatic heterocycles. The van der Waals surface area contributed by atoms with E-state index in [0.29, 0.717) is 10.5 Å². The number of alkyl halides is 3. The van der Waals surface area contributed by atoms with Crippen molar-refractivity contribution in [1.29, 1.82) is 5.26 Å². The molecule has 0 heterocycles. The van der Waals surface area contributed by atoms with Crippen molar-refractivity contribution >= 4 is 11.8 Å². The van der Waals surface area contributed by atoms with E-state index >= 15 is 0 Å². The molecule has 0 amide bonds. The largest absolute Gasteiger partial charge is 0.496 e. The quantitative estimate of drug-likeness (QED) is 0.821. The predicted molar refractivity (Wildman–Crippen MR) is 73.3 cm³/mol. The highest BCUT2D eigenvalue weighted by atomic mass is 32.2. The van der Waals surface area contributed by atoms with Gasteiger partial charge in [0.05, 0.1) is 24.3 Å². The van der Waals surface area contributed by atoms with Gasteiger partial charge in [0.2, 0.25) is 0 Å². The first-order chi connectivity index (χ1) is 9.94. The van der Waals surface area contributed by atoms with Crippen molar-refractivity contribution in [3.8, 4) is 11.8 Å². The van der Waals surface area contributed by atoms with Crippen LogP contribution in [0.1, 0.15) is 11.1 Å². The first-order valence-electron chi connectivity index (χ1n) is 5.87. The van der Waals surface area contributed by atoms with Gasteiger partial charge >= 0.3 is 6.18 Å². The first-order valence-corrected chi connectivity index (χ1v) is 6.69. The molecule has 2 nitrogen and oxygen atoms in total. The molecule has 6 heteroatoms. The summed E-state index contributed by atoms with van der Waals surface area (Å²) in [4.78, 5) is 1.21. The second-order valence-corrected chi connectivity index (χ2v) is 5.25. The van der Waals surface area contributed by atoms with Crippen molar-refractivity contribution < 1.29 is 17.9 Å². The number of halogens is 3. The van der Waals surface area contributed by atoms with Crippen LogP contribution in [0.15, 0.2) is 52.3 Å². The van der Waals surface area contributed by atoms with Crippen molar-refractivity contribution in [3.63, 3.8) is 0 Å². The zero-order valence-electron chi connectivity index (χ0n) is 10.9. The van der Waals surface area contributed by atoms with Gasteiger partial charge in [0, 0.05) is 9.79 Å². The summed E-state index contributed by atoms with van der Waals surface area (Å²) < 4.78 is 43.5. The third-order valence-electron chi connectivity index (χ3n) is 2.70. The molecule has 0 spiro atoms. The number of hydrogen-bond acceptors (Lipinski definition) is 3. The Bertz CT molecular complexity index is 675. The van der Waals surface area contributed by atoms with Crippen molar-refractivity contribution in [1.82, 2.24) is 0 Å². The average Bonchev–Trinajstić information content (AvgIpc) is 2.47. The monoisotopic (exact) mass is 309 g/mol. The summed E-state index contributed by atoms with van der Waals surface area (Å²) in [6.45, 7) is 0. The van der Waals surface area contributed by atoms with E-state index in [-0.39, 0.29) is 5.75 Å². The molecule has 0 fully saturated rings. The smallest absolute Gasteiger partial charge is 0.420 e. The Labute approximate surface area is 124 Å². The van der Waals surface area contributed by atoms with Crippen molar-refractivity contribution in [3.05, 3.63) is 53.6 Å². The average molecular weight is 309 g/mol. The lowest BCUT2D eigenvalue weighted by Gasteiger charge is -2.13. The Morgan fingerprint density at radius 1 is 1.05 bits per heavy atom. The maximum atomic E-state index is 12.9. The maximum absolute atomic E-state index is 12.9. The molecule has 0 saturated carbocycles. The van der Waals surface area contributed by atoms with Gasteiger partial charge in [0.25, 0.3) is 0 Å². The molecule has 0 atom stereocenters. The molecule has 0 unspecified atom stereocenters. The standard InChI is InChI=1S/C15H10F3NOS/c1-20-14-7-6-12(8-13(14)15(16,17)18)21-11-4-2-10(9-19)3-5-11/h2-8H,1H3. The van der Waals surface area contributed by atoms with Crippen LogP contribution in [-0.4, -0.2) is 7.11 Å². The molecule has 2 aromatic rings. The zero-order chi connectivity index (χ0) is 15.5. The van der Waals surface area contributed by atoms with E-state index in [1.807, 2.05) is 6.07 Å². The van der Waals surface area contributed by atoms with Crippen LogP contribution < -0.4 is 4.74 Å². The minimum Gasteiger partial charge on any atom is -0.496 e. The predicted octanol–water partition coefficient (Wildman–Crippen LogP) is 4.74. The highest BCUT2D eigenvalue weighted by Crippen LogP contribution is 2.39. The van der Waals surface area contributed by atoms with Gasteiger partial charge in [-0.15, -0.1) is 0 Å². The summed E-state index contributed by atoms with van der Waals surface area (Å²) >= 11 is 1.19. The number of benzene rings is 2. The second kappa shape index (κ2) is 6.10. The van der Waals surface area contributed by atoms with Crippen molar-refractivity contribution in [2.24, 2.45) is 0 Å². The van der Waals surface area contributed by atoms with Gasteiger partial charge in [-0.05, 0) is 42.5 Å². The van der Waals surface area contributed by atoms with Crippen LogP contribution in [0.5, 0.6) is 5.75 Å². The van der Waals surface area contributed by atoms with Gasteiger partial charge in [-0.2, -0.15) is 18.4 Å². The fraction of sp³-hybridized carbons (Fsp3) is 0.133. The Hall–Kier alpha value is -2.13. The molecule has 0 aliphatic heterocycles. The maximum Gasteiger partial charge on any atom is 0.420 e. The molecule has 0 aliphatic rings. The molecule has 21 heavy (non-hydrogen) atoms. The fourth-order valence-electron chi connectivity index (χ4n) is 1.71. The van der Waals surface area contributed by atoms with Gasteiger partial charge in [-0.1, -0.05) is 11.8 Å². The number of rotatable bonds is 3. The lowest BCUT2D eigenvalue weighted by molar-refractivity contribution is -0.138. The number of hydrogen-bond donors (Lipinski definition) is 0. The molecule has 0 saturated heterocycles. The summed E-state index contributed by atoms with van der Waals surface area (Å²) in [5, 5.41) is 8.71. The number of nitrogens with zero attached hydrogens (tertiary/aromatic N) is 1. The molecule has 2 rings (SSSR count). The van der Waals surface area contributed by atoms with Crippen LogP contribution >= 0.6 is 11.8 Å². The van der Waals surface area contributed by atoms with Gasteiger partial charge < -0.3 is 4.74 Å². The Kier molecular flexibility index (Phi) is 4.43. The SMILES string of the molecule is COc1ccc(Sc2ccc(C#N)cc2)cc1C(F)(F)F. The number of methoxy groups -OCH3 is 1. The molecular weight excluding hydrogens is 299 g/mol. The van der Waals surface area contributed by atoms with E-state index in [4.69, 9.17) is 10.00 Å². The number of nitriles is 1. The van der Waals surface area contributed by atoms with Crippen LogP contribution in [0.4, 0.5) is 13.2 Å². The summed E-state index contributed by atoms with van der Waals surface area (Å²) in [6.07, 6.45) is -4.47. The normalized spacial score (nSPS) is 11.0. The highest BCUT2D eigenvalue weighted by molar-refractivity contribution is 7.99. The van der Waals surface area contributed by atoms with Crippen LogP contribution in [0.2, 0.25) is 0 Å².